The molecule has 0 spiro atoms. The average molecular weight is 228 g/mol. The summed E-state index contributed by atoms with van der Waals surface area (Å²) < 4.78 is 0. The Hall–Kier alpha value is -1.06. The van der Waals surface area contributed by atoms with Gasteiger partial charge in [-0.1, -0.05) is 30.7 Å². The van der Waals surface area contributed by atoms with E-state index in [0.717, 1.165) is 5.56 Å². The number of carboxylic acid groups (broad SMARTS) is 1. The Kier molecular flexibility index (Phi) is 4.12. The van der Waals surface area contributed by atoms with Gasteiger partial charge in [0.1, 0.15) is 0 Å². The van der Waals surface area contributed by atoms with Crippen LogP contribution in [-0.2, 0) is 4.79 Å². The van der Waals surface area contributed by atoms with Gasteiger partial charge in [-0.3, -0.25) is 4.79 Å². The van der Waals surface area contributed by atoms with Crippen molar-refractivity contribution in [3.63, 3.8) is 0 Å². The van der Waals surface area contributed by atoms with Crippen LogP contribution in [0.2, 0.25) is 5.02 Å². The molecule has 0 heterocycles. The molecule has 0 aliphatic heterocycles. The van der Waals surface area contributed by atoms with Crippen molar-refractivity contribution in [3.05, 3.63) is 34.9 Å². The zero-order valence-corrected chi connectivity index (χ0v) is 9.24. The maximum absolute atomic E-state index is 11.1. The molecule has 3 N–H and O–H groups in total. The molecule has 3 nitrogen and oxygen atoms in total. The molecular weight excluding hydrogens is 214 g/mol. The summed E-state index contributed by atoms with van der Waals surface area (Å²) in [4.78, 5) is 11.1. The summed E-state index contributed by atoms with van der Waals surface area (Å²) in [5, 5.41) is 9.71. The van der Waals surface area contributed by atoms with Crippen molar-refractivity contribution in [1.82, 2.24) is 0 Å². The summed E-state index contributed by atoms with van der Waals surface area (Å²) in [6.07, 6.45) is 0. The summed E-state index contributed by atoms with van der Waals surface area (Å²) >= 11 is 5.74. The minimum atomic E-state index is -0.852. The van der Waals surface area contributed by atoms with Gasteiger partial charge in [-0.25, -0.2) is 0 Å². The van der Waals surface area contributed by atoms with Crippen LogP contribution in [-0.4, -0.2) is 17.6 Å². The monoisotopic (exact) mass is 227 g/mol. The van der Waals surface area contributed by atoms with Crippen molar-refractivity contribution in [2.24, 2.45) is 11.7 Å². The van der Waals surface area contributed by atoms with E-state index >= 15 is 0 Å². The van der Waals surface area contributed by atoms with Crippen molar-refractivity contribution < 1.29 is 9.90 Å². The largest absolute Gasteiger partial charge is 0.481 e. The maximum Gasteiger partial charge on any atom is 0.311 e. The minimum Gasteiger partial charge on any atom is -0.481 e. The number of aliphatic carboxylic acids is 1. The highest BCUT2D eigenvalue weighted by Crippen LogP contribution is 2.25. The number of carbonyl (C=O) groups is 1. The lowest BCUT2D eigenvalue weighted by Gasteiger charge is -2.18. The topological polar surface area (TPSA) is 63.3 Å². The predicted octanol–water partition coefficient (Wildman–Crippen LogP) is 2.10. The van der Waals surface area contributed by atoms with Gasteiger partial charge in [0.05, 0.1) is 5.92 Å². The summed E-state index contributed by atoms with van der Waals surface area (Å²) in [7, 11) is 0. The smallest absolute Gasteiger partial charge is 0.311 e. The summed E-state index contributed by atoms with van der Waals surface area (Å²) in [6, 6.07) is 6.84. The second kappa shape index (κ2) is 5.14. The molecule has 0 saturated heterocycles. The number of hydrogen-bond donors (Lipinski definition) is 2. The highest BCUT2D eigenvalue weighted by molar-refractivity contribution is 6.30. The molecule has 0 saturated carbocycles. The van der Waals surface area contributed by atoms with Crippen LogP contribution in [0.15, 0.2) is 24.3 Å². The van der Waals surface area contributed by atoms with Crippen molar-refractivity contribution in [2.45, 2.75) is 12.8 Å². The van der Waals surface area contributed by atoms with Crippen molar-refractivity contribution in [3.8, 4) is 0 Å². The molecular formula is C11H14ClNO2. The number of carboxylic acids is 1. The van der Waals surface area contributed by atoms with Gasteiger partial charge in [-0.05, 0) is 30.2 Å². The molecule has 0 bridgehead atoms. The van der Waals surface area contributed by atoms with E-state index in [1.54, 1.807) is 24.3 Å². The SMILES string of the molecule is CC(CN)C(C(=O)O)c1ccc(Cl)cc1. The fourth-order valence-electron chi connectivity index (χ4n) is 1.52. The van der Waals surface area contributed by atoms with Crippen LogP contribution in [0, 0.1) is 5.92 Å². The Balaban J connectivity index is 2.99. The number of hydrogen-bond acceptors (Lipinski definition) is 2. The molecule has 4 heteroatoms. The van der Waals surface area contributed by atoms with Crippen LogP contribution in [0.3, 0.4) is 0 Å². The van der Waals surface area contributed by atoms with E-state index < -0.39 is 11.9 Å². The maximum atomic E-state index is 11.1. The Bertz CT molecular complexity index is 337. The zero-order chi connectivity index (χ0) is 11.4. The van der Waals surface area contributed by atoms with Crippen molar-refractivity contribution in [1.29, 1.82) is 0 Å². The minimum absolute atomic E-state index is 0.0938. The van der Waals surface area contributed by atoms with Crippen LogP contribution in [0.4, 0.5) is 0 Å². The highest BCUT2D eigenvalue weighted by atomic mass is 35.5. The zero-order valence-electron chi connectivity index (χ0n) is 8.48. The van der Waals surface area contributed by atoms with Gasteiger partial charge in [0, 0.05) is 5.02 Å². The summed E-state index contributed by atoms with van der Waals surface area (Å²) in [5.41, 5.74) is 6.23. The van der Waals surface area contributed by atoms with Crippen LogP contribution >= 0.6 is 11.6 Å². The highest BCUT2D eigenvalue weighted by Gasteiger charge is 2.25. The normalized spacial score (nSPS) is 14.6. The third-order valence-corrected chi connectivity index (χ3v) is 2.69. The van der Waals surface area contributed by atoms with E-state index in [2.05, 4.69) is 0 Å². The number of rotatable bonds is 4. The molecule has 0 radical (unpaired) electrons. The van der Waals surface area contributed by atoms with Crippen LogP contribution in [0.1, 0.15) is 18.4 Å². The lowest BCUT2D eigenvalue weighted by atomic mass is 9.87. The fraction of sp³-hybridized carbons (Fsp3) is 0.364. The van der Waals surface area contributed by atoms with E-state index in [0.29, 0.717) is 11.6 Å². The van der Waals surface area contributed by atoms with E-state index in [9.17, 15) is 4.79 Å². The molecule has 0 aromatic heterocycles. The van der Waals surface area contributed by atoms with Crippen LogP contribution in [0.5, 0.6) is 0 Å². The van der Waals surface area contributed by atoms with Crippen LogP contribution < -0.4 is 5.73 Å². The number of halogens is 1. The van der Waals surface area contributed by atoms with Gasteiger partial charge in [0.2, 0.25) is 0 Å². The fourth-order valence-corrected chi connectivity index (χ4v) is 1.65. The van der Waals surface area contributed by atoms with Gasteiger partial charge >= 0.3 is 5.97 Å². The van der Waals surface area contributed by atoms with Gasteiger partial charge in [-0.2, -0.15) is 0 Å². The third kappa shape index (κ3) is 2.94. The first-order valence-electron chi connectivity index (χ1n) is 4.74. The Morgan fingerprint density at radius 1 is 1.47 bits per heavy atom. The van der Waals surface area contributed by atoms with Crippen molar-refractivity contribution >= 4 is 17.6 Å². The summed E-state index contributed by atoms with van der Waals surface area (Å²) in [5.74, 6) is -1.51. The first-order valence-corrected chi connectivity index (χ1v) is 5.12. The van der Waals surface area contributed by atoms with E-state index in [1.807, 2.05) is 6.92 Å². The van der Waals surface area contributed by atoms with E-state index in [1.165, 1.54) is 0 Å². The molecule has 15 heavy (non-hydrogen) atoms. The molecule has 82 valence electrons. The lowest BCUT2D eigenvalue weighted by molar-refractivity contribution is -0.139. The molecule has 0 aliphatic carbocycles. The van der Waals surface area contributed by atoms with Gasteiger partial charge in [0.15, 0.2) is 0 Å². The quantitative estimate of drug-likeness (QED) is 0.828. The number of benzene rings is 1. The molecule has 1 rings (SSSR count). The van der Waals surface area contributed by atoms with Crippen LogP contribution in [0.25, 0.3) is 0 Å². The average Bonchev–Trinajstić information content (AvgIpc) is 2.20. The van der Waals surface area contributed by atoms with E-state index in [4.69, 9.17) is 22.4 Å². The standard InChI is InChI=1S/C11H14ClNO2/c1-7(6-13)10(11(14)15)8-2-4-9(12)5-3-8/h2-5,7,10H,6,13H2,1H3,(H,14,15). The van der Waals surface area contributed by atoms with Gasteiger partial charge < -0.3 is 10.8 Å². The first kappa shape index (κ1) is 12.0. The molecule has 0 amide bonds. The molecule has 1 aromatic carbocycles. The van der Waals surface area contributed by atoms with E-state index in [-0.39, 0.29) is 5.92 Å². The Morgan fingerprint density at radius 3 is 2.40 bits per heavy atom. The van der Waals surface area contributed by atoms with Gasteiger partial charge in [-0.15, -0.1) is 0 Å². The second-order valence-electron chi connectivity index (χ2n) is 3.58. The Morgan fingerprint density at radius 2 is 2.00 bits per heavy atom. The molecule has 2 atom stereocenters. The van der Waals surface area contributed by atoms with Gasteiger partial charge in [0.25, 0.3) is 0 Å². The summed E-state index contributed by atoms with van der Waals surface area (Å²) in [6.45, 7) is 2.17. The predicted molar refractivity (Wildman–Crippen MR) is 60.0 cm³/mol. The Labute approximate surface area is 93.9 Å². The van der Waals surface area contributed by atoms with Crippen molar-refractivity contribution in [2.75, 3.05) is 6.54 Å². The molecule has 0 fully saturated rings. The first-order chi connectivity index (χ1) is 7.06. The molecule has 2 unspecified atom stereocenters. The number of nitrogens with two attached hydrogens (primary N) is 1. The second-order valence-corrected chi connectivity index (χ2v) is 4.02. The third-order valence-electron chi connectivity index (χ3n) is 2.44. The molecule has 0 aliphatic rings. The molecule has 1 aromatic rings. The lowest BCUT2D eigenvalue weighted by Crippen LogP contribution is -2.25.